The van der Waals surface area contributed by atoms with E-state index in [4.69, 9.17) is 4.98 Å². The van der Waals surface area contributed by atoms with Gasteiger partial charge in [0.05, 0.1) is 5.69 Å². The number of anilines is 1. The Bertz CT molecular complexity index is 935. The molecular formula is C21H25F3N4O2. The van der Waals surface area contributed by atoms with Crippen LogP contribution in [-0.4, -0.2) is 40.9 Å². The lowest BCUT2D eigenvalue weighted by Gasteiger charge is -2.32. The van der Waals surface area contributed by atoms with Gasteiger partial charge in [-0.25, -0.2) is 4.98 Å². The SMILES string of the molecule is CC1CCN(c2nc3c(c(=O)[nH]2)CCN(Cc2ccc(OC(F)(F)F)cc2)C3)CC1. The predicted octanol–water partition coefficient (Wildman–Crippen LogP) is 3.46. The molecule has 2 aromatic rings. The lowest BCUT2D eigenvalue weighted by atomic mass is 9.99. The van der Waals surface area contributed by atoms with Gasteiger partial charge >= 0.3 is 6.36 Å². The molecule has 162 valence electrons. The number of fused-ring (bicyclic) bond motifs is 1. The standard InChI is InChI=1S/C21H25F3N4O2/c1-14-6-10-28(11-7-14)20-25-18-13-27(9-8-17(18)19(29)26-20)12-15-2-4-16(5-3-15)30-21(22,23)24/h2-5,14H,6-13H2,1H3,(H,25,26,29). The average molecular weight is 422 g/mol. The Morgan fingerprint density at radius 3 is 2.53 bits per heavy atom. The van der Waals surface area contributed by atoms with Crippen molar-refractivity contribution in [3.05, 3.63) is 51.4 Å². The monoisotopic (exact) mass is 422 g/mol. The van der Waals surface area contributed by atoms with Crippen LogP contribution in [0.5, 0.6) is 5.75 Å². The van der Waals surface area contributed by atoms with Crippen molar-refractivity contribution in [3.63, 3.8) is 0 Å². The molecule has 1 fully saturated rings. The Morgan fingerprint density at radius 2 is 1.87 bits per heavy atom. The minimum Gasteiger partial charge on any atom is -0.406 e. The van der Waals surface area contributed by atoms with E-state index in [0.29, 0.717) is 37.9 Å². The number of alkyl halides is 3. The predicted molar refractivity (Wildman–Crippen MR) is 106 cm³/mol. The third-order valence-electron chi connectivity index (χ3n) is 5.79. The van der Waals surface area contributed by atoms with E-state index in [-0.39, 0.29) is 11.3 Å². The maximum absolute atomic E-state index is 12.6. The smallest absolute Gasteiger partial charge is 0.406 e. The van der Waals surface area contributed by atoms with Crippen LogP contribution in [0.15, 0.2) is 29.1 Å². The summed E-state index contributed by atoms with van der Waals surface area (Å²) < 4.78 is 40.8. The normalized spacial score (nSPS) is 18.3. The Kier molecular flexibility index (Phi) is 5.73. The summed E-state index contributed by atoms with van der Waals surface area (Å²) in [6.07, 6.45) is -1.92. The van der Waals surface area contributed by atoms with E-state index >= 15 is 0 Å². The molecule has 0 atom stereocenters. The molecule has 1 saturated heterocycles. The number of H-pyrrole nitrogens is 1. The molecule has 0 unspecified atom stereocenters. The summed E-state index contributed by atoms with van der Waals surface area (Å²) in [5.74, 6) is 1.10. The second-order valence-corrected chi connectivity index (χ2v) is 8.14. The van der Waals surface area contributed by atoms with E-state index in [0.717, 1.165) is 42.8 Å². The Labute approximate surface area is 172 Å². The molecule has 30 heavy (non-hydrogen) atoms. The number of aromatic amines is 1. The summed E-state index contributed by atoms with van der Waals surface area (Å²) in [4.78, 5) is 24.5. The first kappa shape index (κ1) is 20.7. The van der Waals surface area contributed by atoms with Crippen molar-refractivity contribution in [2.45, 2.75) is 45.6 Å². The van der Waals surface area contributed by atoms with Crippen LogP contribution in [0.3, 0.4) is 0 Å². The number of benzene rings is 1. The zero-order valence-electron chi connectivity index (χ0n) is 16.8. The Morgan fingerprint density at radius 1 is 1.17 bits per heavy atom. The van der Waals surface area contributed by atoms with Gasteiger partial charge in [0.25, 0.3) is 5.56 Å². The van der Waals surface area contributed by atoms with Gasteiger partial charge in [0.2, 0.25) is 5.95 Å². The molecule has 9 heteroatoms. The molecule has 0 bridgehead atoms. The molecule has 2 aliphatic heterocycles. The van der Waals surface area contributed by atoms with Gasteiger partial charge in [-0.3, -0.25) is 14.7 Å². The van der Waals surface area contributed by atoms with Crippen LogP contribution in [-0.2, 0) is 19.5 Å². The second kappa shape index (κ2) is 8.29. The summed E-state index contributed by atoms with van der Waals surface area (Å²) >= 11 is 0. The third kappa shape index (κ3) is 4.95. The Balaban J connectivity index is 1.44. The van der Waals surface area contributed by atoms with E-state index in [9.17, 15) is 18.0 Å². The molecule has 0 spiro atoms. The van der Waals surface area contributed by atoms with Gasteiger partial charge in [-0.15, -0.1) is 13.2 Å². The van der Waals surface area contributed by atoms with E-state index in [1.165, 1.54) is 12.1 Å². The minimum atomic E-state index is -4.69. The van der Waals surface area contributed by atoms with Crippen molar-refractivity contribution in [1.82, 2.24) is 14.9 Å². The lowest BCUT2D eigenvalue weighted by Crippen LogP contribution is -2.39. The summed E-state index contributed by atoms with van der Waals surface area (Å²) in [6.45, 7) is 5.81. The second-order valence-electron chi connectivity index (χ2n) is 8.14. The van der Waals surface area contributed by atoms with Crippen molar-refractivity contribution < 1.29 is 17.9 Å². The molecule has 0 aliphatic carbocycles. The van der Waals surface area contributed by atoms with Crippen LogP contribution in [0.4, 0.5) is 19.1 Å². The number of hydrogen-bond donors (Lipinski definition) is 1. The number of nitrogens with one attached hydrogen (secondary N) is 1. The number of ether oxygens (including phenoxy) is 1. The van der Waals surface area contributed by atoms with Gasteiger partial charge in [-0.05, 0) is 42.9 Å². The summed E-state index contributed by atoms with van der Waals surface area (Å²) in [7, 11) is 0. The maximum atomic E-state index is 12.6. The maximum Gasteiger partial charge on any atom is 0.573 e. The molecule has 6 nitrogen and oxygen atoms in total. The molecule has 0 saturated carbocycles. The molecule has 3 heterocycles. The Hall–Kier alpha value is -2.55. The first-order valence-corrected chi connectivity index (χ1v) is 10.2. The first-order valence-electron chi connectivity index (χ1n) is 10.2. The minimum absolute atomic E-state index is 0.0677. The van der Waals surface area contributed by atoms with Gasteiger partial charge in [-0.1, -0.05) is 19.1 Å². The third-order valence-corrected chi connectivity index (χ3v) is 5.79. The highest BCUT2D eigenvalue weighted by Gasteiger charge is 2.31. The topological polar surface area (TPSA) is 61.5 Å². The van der Waals surface area contributed by atoms with Crippen LogP contribution in [0.1, 0.15) is 36.6 Å². The molecule has 0 radical (unpaired) electrons. The summed E-state index contributed by atoms with van der Waals surface area (Å²) in [6, 6.07) is 5.89. The number of nitrogens with zero attached hydrogens (tertiary/aromatic N) is 3. The van der Waals surface area contributed by atoms with E-state index < -0.39 is 6.36 Å². The molecule has 2 aliphatic rings. The fourth-order valence-electron chi connectivity index (χ4n) is 4.04. The van der Waals surface area contributed by atoms with Crippen LogP contribution in [0.2, 0.25) is 0 Å². The zero-order valence-corrected chi connectivity index (χ0v) is 16.8. The van der Waals surface area contributed by atoms with Crippen molar-refractivity contribution >= 4 is 5.95 Å². The molecular weight excluding hydrogens is 397 g/mol. The van der Waals surface area contributed by atoms with Gasteiger partial charge in [0.15, 0.2) is 0 Å². The zero-order chi connectivity index (χ0) is 21.3. The number of rotatable bonds is 4. The van der Waals surface area contributed by atoms with Crippen molar-refractivity contribution in [2.24, 2.45) is 5.92 Å². The van der Waals surface area contributed by atoms with Crippen LogP contribution in [0.25, 0.3) is 0 Å². The molecule has 1 aromatic carbocycles. The fourth-order valence-corrected chi connectivity index (χ4v) is 4.04. The van der Waals surface area contributed by atoms with Crippen molar-refractivity contribution in [3.8, 4) is 5.75 Å². The van der Waals surface area contributed by atoms with Crippen LogP contribution < -0.4 is 15.2 Å². The van der Waals surface area contributed by atoms with Crippen molar-refractivity contribution in [1.29, 1.82) is 0 Å². The van der Waals surface area contributed by atoms with Crippen molar-refractivity contribution in [2.75, 3.05) is 24.5 Å². The number of aromatic nitrogens is 2. The van der Waals surface area contributed by atoms with E-state index in [1.807, 2.05) is 0 Å². The van der Waals surface area contributed by atoms with Gasteiger partial charge in [-0.2, -0.15) is 0 Å². The van der Waals surface area contributed by atoms with Gasteiger partial charge in [0, 0.05) is 38.3 Å². The molecule has 1 aromatic heterocycles. The van der Waals surface area contributed by atoms with Gasteiger partial charge in [0.1, 0.15) is 5.75 Å². The summed E-state index contributed by atoms with van der Waals surface area (Å²) in [5.41, 5.74) is 2.33. The highest BCUT2D eigenvalue weighted by molar-refractivity contribution is 5.35. The molecule has 1 N–H and O–H groups in total. The largest absolute Gasteiger partial charge is 0.573 e. The first-order chi connectivity index (χ1) is 14.3. The van der Waals surface area contributed by atoms with E-state index in [2.05, 4.69) is 26.4 Å². The lowest BCUT2D eigenvalue weighted by molar-refractivity contribution is -0.274. The highest BCUT2D eigenvalue weighted by Crippen LogP contribution is 2.25. The van der Waals surface area contributed by atoms with E-state index in [1.54, 1.807) is 12.1 Å². The fraction of sp³-hybridized carbons (Fsp3) is 0.524. The molecule has 4 rings (SSSR count). The quantitative estimate of drug-likeness (QED) is 0.818. The molecule has 0 amide bonds. The highest BCUT2D eigenvalue weighted by atomic mass is 19.4. The van der Waals surface area contributed by atoms with Crippen LogP contribution in [0, 0.1) is 5.92 Å². The summed E-state index contributed by atoms with van der Waals surface area (Å²) in [5, 5.41) is 0. The number of piperidine rings is 1. The average Bonchev–Trinajstić information content (AvgIpc) is 2.69. The van der Waals surface area contributed by atoms with Crippen LogP contribution >= 0.6 is 0 Å². The van der Waals surface area contributed by atoms with Gasteiger partial charge < -0.3 is 9.64 Å². The number of halogens is 3. The number of hydrogen-bond acceptors (Lipinski definition) is 5.